The monoisotopic (exact) mass is 655 g/mol. The molecule has 0 spiro atoms. The van der Waals surface area contributed by atoms with Crippen molar-refractivity contribution in [1.29, 1.82) is 0 Å². The van der Waals surface area contributed by atoms with E-state index in [0.29, 0.717) is 32.7 Å². The molecule has 0 saturated carbocycles. The van der Waals surface area contributed by atoms with E-state index in [1.807, 2.05) is 0 Å². The third-order valence-electron chi connectivity index (χ3n) is 7.66. The summed E-state index contributed by atoms with van der Waals surface area (Å²) in [6.45, 7) is -0.596. The number of imide groups is 1. The molecule has 0 bridgehead atoms. The van der Waals surface area contributed by atoms with Crippen LogP contribution in [0.25, 0.3) is 0 Å². The number of aromatic nitrogens is 1. The molecule has 3 unspecified atom stereocenters. The molecule has 0 radical (unpaired) electrons. The van der Waals surface area contributed by atoms with Crippen molar-refractivity contribution in [3.63, 3.8) is 0 Å². The minimum atomic E-state index is -4.70. The Hall–Kier alpha value is -4.56. The number of nitrogens with zero attached hydrogens (tertiary/aromatic N) is 2. The number of carbonyl (C=O) groups excluding carboxylic acids is 3. The lowest BCUT2D eigenvalue weighted by Crippen LogP contribution is -2.33. The van der Waals surface area contributed by atoms with E-state index in [-0.39, 0.29) is 0 Å². The molecule has 4 aromatic rings. The quantitative estimate of drug-likeness (QED) is 0.267. The van der Waals surface area contributed by atoms with Gasteiger partial charge in [0.2, 0.25) is 17.7 Å². The number of anilines is 2. The van der Waals surface area contributed by atoms with Crippen LogP contribution >= 0.6 is 23.1 Å². The number of alkyl halides is 3. The van der Waals surface area contributed by atoms with Gasteiger partial charge in [0, 0.05) is 10.8 Å². The van der Waals surface area contributed by atoms with Gasteiger partial charge in [-0.15, -0.1) is 0 Å². The number of ether oxygens (including phenoxy) is 2. The molecule has 45 heavy (non-hydrogen) atoms. The van der Waals surface area contributed by atoms with Crippen LogP contribution in [0.5, 0.6) is 11.5 Å². The zero-order valence-corrected chi connectivity index (χ0v) is 25.3. The van der Waals surface area contributed by atoms with Gasteiger partial charge in [-0.3, -0.25) is 23.7 Å². The number of thiazole rings is 1. The number of hydrogen-bond acceptors (Lipinski definition) is 8. The number of rotatable bonds is 7. The van der Waals surface area contributed by atoms with Crippen molar-refractivity contribution >= 4 is 52.2 Å². The third-order valence-corrected chi connectivity index (χ3v) is 10.3. The van der Waals surface area contributed by atoms with Crippen molar-refractivity contribution < 1.29 is 37.0 Å². The van der Waals surface area contributed by atoms with Crippen LogP contribution in [0.15, 0.2) is 82.6 Å². The molecular weight excluding hydrogens is 631 g/mol. The van der Waals surface area contributed by atoms with E-state index in [9.17, 15) is 32.3 Å². The van der Waals surface area contributed by atoms with Gasteiger partial charge in [0.15, 0.2) is 0 Å². The Morgan fingerprint density at radius 3 is 2.13 bits per heavy atom. The van der Waals surface area contributed by atoms with Crippen molar-refractivity contribution in [2.45, 2.75) is 28.9 Å². The first kappa shape index (κ1) is 30.5. The van der Waals surface area contributed by atoms with Crippen molar-refractivity contribution in [3.8, 4) is 11.5 Å². The summed E-state index contributed by atoms with van der Waals surface area (Å²) in [7, 11) is 3.01. The molecule has 1 fully saturated rings. The van der Waals surface area contributed by atoms with E-state index in [1.54, 1.807) is 48.5 Å². The summed E-state index contributed by atoms with van der Waals surface area (Å²) < 4.78 is 52.2. The van der Waals surface area contributed by atoms with Gasteiger partial charge in [-0.25, -0.2) is 4.90 Å². The SMILES string of the molecule is COc1ccc(C2c3sc(=O)n(CC(=O)Nc4ccccc4C(F)(F)F)c3SC3C(=O)N(c4ccc(OC)cc4)C(=O)C32)cc1. The second kappa shape index (κ2) is 11.7. The van der Waals surface area contributed by atoms with Crippen LogP contribution in [0, 0.1) is 5.92 Å². The Morgan fingerprint density at radius 1 is 0.889 bits per heavy atom. The number of para-hydroxylation sites is 1. The molecule has 3 aromatic carbocycles. The molecule has 1 N–H and O–H groups in total. The van der Waals surface area contributed by atoms with E-state index in [1.165, 1.54) is 26.4 Å². The molecule has 2 aliphatic heterocycles. The van der Waals surface area contributed by atoms with E-state index >= 15 is 0 Å². The maximum atomic E-state index is 14.0. The van der Waals surface area contributed by atoms with Crippen molar-refractivity contribution in [2.24, 2.45) is 5.92 Å². The molecule has 3 heterocycles. The topological polar surface area (TPSA) is 107 Å². The van der Waals surface area contributed by atoms with Crippen LogP contribution in [0.1, 0.15) is 21.9 Å². The number of thioether (sulfide) groups is 1. The summed E-state index contributed by atoms with van der Waals surface area (Å²) in [5.74, 6) is -2.26. The number of methoxy groups -OCH3 is 2. The fourth-order valence-corrected chi connectivity index (χ4v) is 8.36. The van der Waals surface area contributed by atoms with E-state index in [2.05, 4.69) is 5.32 Å². The highest BCUT2D eigenvalue weighted by molar-refractivity contribution is 8.00. The van der Waals surface area contributed by atoms with Crippen LogP contribution in [-0.4, -0.2) is 41.8 Å². The number of nitrogens with one attached hydrogen (secondary N) is 1. The van der Waals surface area contributed by atoms with Gasteiger partial charge in [-0.1, -0.05) is 47.4 Å². The van der Waals surface area contributed by atoms with E-state index < -0.39 is 63.7 Å². The number of halogens is 3. The Bertz CT molecular complexity index is 1850. The van der Waals surface area contributed by atoms with Gasteiger partial charge in [0.25, 0.3) is 0 Å². The smallest absolute Gasteiger partial charge is 0.418 e. The maximum Gasteiger partial charge on any atom is 0.418 e. The van der Waals surface area contributed by atoms with Gasteiger partial charge >= 0.3 is 11.0 Å². The second-order valence-electron chi connectivity index (χ2n) is 10.2. The summed E-state index contributed by atoms with van der Waals surface area (Å²) in [6, 6.07) is 17.9. The molecule has 1 aromatic heterocycles. The Morgan fingerprint density at radius 2 is 1.51 bits per heavy atom. The predicted molar refractivity (Wildman–Crippen MR) is 162 cm³/mol. The van der Waals surface area contributed by atoms with Gasteiger partial charge in [0.05, 0.1) is 42.1 Å². The summed E-state index contributed by atoms with van der Waals surface area (Å²) in [6.07, 6.45) is -4.70. The average molecular weight is 656 g/mol. The van der Waals surface area contributed by atoms with Gasteiger partial charge in [-0.2, -0.15) is 13.2 Å². The number of benzene rings is 3. The van der Waals surface area contributed by atoms with E-state index in [0.717, 1.165) is 44.7 Å². The molecule has 9 nitrogen and oxygen atoms in total. The fourth-order valence-electron chi connectivity index (χ4n) is 5.58. The van der Waals surface area contributed by atoms with Crippen molar-refractivity contribution in [3.05, 3.63) is 98.5 Å². The van der Waals surface area contributed by atoms with Crippen LogP contribution in [0.4, 0.5) is 24.5 Å². The molecule has 14 heteroatoms. The Kier molecular flexibility index (Phi) is 7.95. The van der Waals surface area contributed by atoms with Gasteiger partial charge in [0.1, 0.15) is 23.3 Å². The minimum Gasteiger partial charge on any atom is -0.497 e. The number of fused-ring (bicyclic) bond motifs is 2. The van der Waals surface area contributed by atoms with Crippen molar-refractivity contribution in [2.75, 3.05) is 24.4 Å². The molecule has 0 aliphatic carbocycles. The largest absolute Gasteiger partial charge is 0.497 e. The molecule has 2 aliphatic rings. The van der Waals surface area contributed by atoms with E-state index in [4.69, 9.17) is 9.47 Å². The predicted octanol–water partition coefficient (Wildman–Crippen LogP) is 5.38. The van der Waals surface area contributed by atoms with Crippen LogP contribution in [0.3, 0.4) is 0 Å². The fraction of sp³-hybridized carbons (Fsp3) is 0.226. The maximum absolute atomic E-state index is 14.0. The Balaban J connectivity index is 1.39. The highest BCUT2D eigenvalue weighted by atomic mass is 32.2. The van der Waals surface area contributed by atoms with Crippen LogP contribution in [0.2, 0.25) is 0 Å². The number of amides is 3. The second-order valence-corrected chi connectivity index (χ2v) is 12.4. The van der Waals surface area contributed by atoms with Gasteiger partial charge in [-0.05, 0) is 54.1 Å². The Labute approximate surface area is 262 Å². The molecule has 3 amide bonds. The summed E-state index contributed by atoms with van der Waals surface area (Å²) >= 11 is 1.84. The number of hydrogen-bond donors (Lipinski definition) is 1. The van der Waals surface area contributed by atoms with Crippen LogP contribution < -0.4 is 24.6 Å². The molecule has 3 atom stereocenters. The standard InChI is InChI=1S/C31H24F3N3O6S2/c1-42-18-11-7-16(8-12-18)23-24-25(28(40)37(27(24)39)17-9-13-19(43-2)14-10-17)44-29-26(23)45-30(41)36(29)15-22(38)35-21-6-4-3-5-20(21)31(32,33)34/h3-14,23-25H,15H2,1-2H3,(H,35,38). The summed E-state index contributed by atoms with van der Waals surface area (Å²) in [4.78, 5) is 55.3. The zero-order valence-electron chi connectivity index (χ0n) is 23.7. The normalized spacial score (nSPS) is 19.2. The minimum absolute atomic E-state index is 0.309. The lowest BCUT2D eigenvalue weighted by molar-refractivity contribution is -0.137. The first-order chi connectivity index (χ1) is 21.5. The first-order valence-corrected chi connectivity index (χ1v) is 15.2. The molecular formula is C31H24F3N3O6S2. The third kappa shape index (κ3) is 5.48. The zero-order chi connectivity index (χ0) is 32.0. The van der Waals surface area contributed by atoms with Crippen molar-refractivity contribution in [1.82, 2.24) is 4.57 Å². The summed E-state index contributed by atoms with van der Waals surface area (Å²) in [5.41, 5.74) is -0.453. The number of carbonyl (C=O) groups is 3. The average Bonchev–Trinajstić information content (AvgIpc) is 3.47. The summed E-state index contributed by atoms with van der Waals surface area (Å²) in [5, 5.41) is 1.64. The molecule has 232 valence electrons. The van der Waals surface area contributed by atoms with Crippen LogP contribution in [-0.2, 0) is 27.1 Å². The highest BCUT2D eigenvalue weighted by Gasteiger charge is 2.56. The lowest BCUT2D eigenvalue weighted by atomic mass is 9.83. The van der Waals surface area contributed by atoms with Gasteiger partial charge < -0.3 is 14.8 Å². The first-order valence-electron chi connectivity index (χ1n) is 13.5. The highest BCUT2D eigenvalue weighted by Crippen LogP contribution is 2.54. The molecule has 1 saturated heterocycles. The molecule has 6 rings (SSSR count). The lowest BCUT2D eigenvalue weighted by Gasteiger charge is -2.30.